The number of rotatable bonds is 9. The summed E-state index contributed by atoms with van der Waals surface area (Å²) in [5, 5.41) is 11.7. The van der Waals surface area contributed by atoms with E-state index >= 15 is 0 Å². The molecule has 212 valence electrons. The number of hydrogen-bond acceptors (Lipinski definition) is 7. The van der Waals surface area contributed by atoms with E-state index in [1.165, 1.54) is 0 Å². The third-order valence-corrected chi connectivity index (χ3v) is 7.62. The molecule has 4 rings (SSSR count). The standard InChI is InChI=1S/C31H27BrClNO6S/c1-4-38-24-15-20(14-23(32)28(24)40-17-19-7-6-8-22(33)13-19)16-25-27(35)26(31(37)39-5-2)30(41-25)34-29(36)21-11-9-18(3)10-12-21/h6-16,35H,4-5,17H2,1-3H3/b25-16-,34-30?. The molecule has 1 heterocycles. The Morgan fingerprint density at radius 2 is 1.80 bits per heavy atom. The van der Waals surface area contributed by atoms with E-state index in [-0.39, 0.29) is 29.6 Å². The van der Waals surface area contributed by atoms with Gasteiger partial charge in [-0.05, 0) is 90.3 Å². The third-order valence-electron chi connectivity index (χ3n) is 5.77. The number of thioether (sulfide) groups is 1. The molecule has 1 N–H and O–H groups in total. The normalized spacial score (nSPS) is 15.0. The fourth-order valence-electron chi connectivity index (χ4n) is 3.85. The number of carbonyl (C=O) groups excluding carboxylic acids is 2. The molecule has 0 aromatic heterocycles. The van der Waals surface area contributed by atoms with Crippen LogP contribution in [0.15, 0.2) is 86.4 Å². The lowest BCUT2D eigenvalue weighted by Crippen LogP contribution is -2.14. The van der Waals surface area contributed by atoms with Gasteiger partial charge in [0.15, 0.2) is 11.5 Å². The van der Waals surface area contributed by atoms with Crippen LogP contribution < -0.4 is 9.47 Å². The van der Waals surface area contributed by atoms with E-state index in [0.717, 1.165) is 22.9 Å². The second kappa shape index (κ2) is 13.9. The summed E-state index contributed by atoms with van der Waals surface area (Å²) in [5.74, 6) is -0.634. The number of benzene rings is 3. The van der Waals surface area contributed by atoms with Crippen LogP contribution in [0.5, 0.6) is 11.5 Å². The second-order valence-corrected chi connectivity index (χ2v) is 11.1. The van der Waals surface area contributed by atoms with Gasteiger partial charge in [0.05, 0.1) is 22.6 Å². The van der Waals surface area contributed by atoms with Crippen molar-refractivity contribution in [3.8, 4) is 11.5 Å². The highest BCUT2D eigenvalue weighted by atomic mass is 79.9. The minimum absolute atomic E-state index is 0.0587. The lowest BCUT2D eigenvalue weighted by molar-refractivity contribution is -0.138. The van der Waals surface area contributed by atoms with Gasteiger partial charge in [0.1, 0.15) is 23.0 Å². The van der Waals surface area contributed by atoms with E-state index in [2.05, 4.69) is 20.9 Å². The molecular weight excluding hydrogens is 630 g/mol. The molecule has 0 aliphatic carbocycles. The Labute approximate surface area is 256 Å². The number of hydrogen-bond donors (Lipinski definition) is 1. The second-order valence-electron chi connectivity index (χ2n) is 8.82. The van der Waals surface area contributed by atoms with Gasteiger partial charge in [-0.1, -0.05) is 53.2 Å². The zero-order valence-electron chi connectivity index (χ0n) is 22.6. The molecule has 0 saturated heterocycles. The Kier molecular flexibility index (Phi) is 10.3. The van der Waals surface area contributed by atoms with Crippen molar-refractivity contribution in [2.75, 3.05) is 13.2 Å². The zero-order chi connectivity index (χ0) is 29.5. The van der Waals surface area contributed by atoms with Crippen molar-refractivity contribution >= 4 is 62.3 Å². The van der Waals surface area contributed by atoms with Gasteiger partial charge in [-0.3, -0.25) is 4.79 Å². The molecule has 7 nitrogen and oxygen atoms in total. The van der Waals surface area contributed by atoms with Gasteiger partial charge in [-0.2, -0.15) is 0 Å². The maximum atomic E-state index is 12.9. The zero-order valence-corrected chi connectivity index (χ0v) is 25.7. The molecule has 3 aromatic carbocycles. The van der Waals surface area contributed by atoms with Crippen molar-refractivity contribution in [3.05, 3.63) is 109 Å². The summed E-state index contributed by atoms with van der Waals surface area (Å²) < 4.78 is 17.7. The topological polar surface area (TPSA) is 94.4 Å². The number of ether oxygens (including phenoxy) is 3. The first kappa shape index (κ1) is 30.4. The highest BCUT2D eigenvalue weighted by molar-refractivity contribution is 9.10. The summed E-state index contributed by atoms with van der Waals surface area (Å²) in [6.45, 7) is 6.20. The molecule has 1 aliphatic rings. The Balaban J connectivity index is 1.67. The van der Waals surface area contributed by atoms with Crippen molar-refractivity contribution in [3.63, 3.8) is 0 Å². The van der Waals surface area contributed by atoms with E-state index in [1.807, 2.05) is 32.0 Å². The number of aliphatic hydroxyl groups excluding tert-OH is 1. The summed E-state index contributed by atoms with van der Waals surface area (Å²) in [5.41, 5.74) is 2.75. The Bertz CT molecular complexity index is 1570. The maximum absolute atomic E-state index is 12.9. The van der Waals surface area contributed by atoms with Gasteiger partial charge in [0.2, 0.25) is 0 Å². The average molecular weight is 657 g/mol. The monoisotopic (exact) mass is 655 g/mol. The smallest absolute Gasteiger partial charge is 0.344 e. The van der Waals surface area contributed by atoms with Gasteiger partial charge in [0.25, 0.3) is 5.91 Å². The number of amides is 1. The first-order chi connectivity index (χ1) is 19.7. The average Bonchev–Trinajstić information content (AvgIpc) is 3.22. The fraction of sp³-hybridized carbons (Fsp3) is 0.194. The number of aryl methyl sites for hydroxylation is 1. The van der Waals surface area contributed by atoms with Gasteiger partial charge in [0, 0.05) is 10.6 Å². The summed E-state index contributed by atoms with van der Waals surface area (Å²) in [6.07, 6.45) is 1.67. The summed E-state index contributed by atoms with van der Waals surface area (Å²) >= 11 is 10.7. The largest absolute Gasteiger partial charge is 0.506 e. The fourth-order valence-corrected chi connectivity index (χ4v) is 5.65. The molecule has 41 heavy (non-hydrogen) atoms. The van der Waals surface area contributed by atoms with Gasteiger partial charge >= 0.3 is 5.97 Å². The van der Waals surface area contributed by atoms with Gasteiger partial charge in [-0.15, -0.1) is 0 Å². The summed E-state index contributed by atoms with van der Waals surface area (Å²) in [4.78, 5) is 30.1. The Morgan fingerprint density at radius 1 is 1.05 bits per heavy atom. The van der Waals surface area contributed by atoms with Crippen molar-refractivity contribution < 1.29 is 28.9 Å². The van der Waals surface area contributed by atoms with E-state index in [4.69, 9.17) is 25.8 Å². The predicted molar refractivity (Wildman–Crippen MR) is 166 cm³/mol. The van der Waals surface area contributed by atoms with Gasteiger partial charge in [-0.25, -0.2) is 9.79 Å². The predicted octanol–water partition coefficient (Wildman–Crippen LogP) is 8.09. The highest BCUT2D eigenvalue weighted by Gasteiger charge is 2.34. The van der Waals surface area contributed by atoms with E-state index in [0.29, 0.717) is 43.6 Å². The molecule has 1 aliphatic heterocycles. The van der Waals surface area contributed by atoms with E-state index < -0.39 is 11.9 Å². The minimum atomic E-state index is -0.766. The first-order valence-electron chi connectivity index (χ1n) is 12.7. The quantitative estimate of drug-likeness (QED) is 0.233. The summed E-state index contributed by atoms with van der Waals surface area (Å²) in [6, 6.07) is 17.9. The van der Waals surface area contributed by atoms with Crippen LogP contribution in [0.3, 0.4) is 0 Å². The van der Waals surface area contributed by atoms with Crippen LogP contribution in [0, 0.1) is 6.92 Å². The molecular formula is C31H27BrClNO6S. The molecule has 0 unspecified atom stereocenters. The maximum Gasteiger partial charge on any atom is 0.344 e. The van der Waals surface area contributed by atoms with Crippen LogP contribution in [0.25, 0.3) is 6.08 Å². The molecule has 0 spiro atoms. The SMILES string of the molecule is CCOC(=O)C1=C(O)/C(=C/c2cc(Br)c(OCc3cccc(Cl)c3)c(OCC)c2)SC1=NC(=O)c1ccc(C)cc1. The first-order valence-corrected chi connectivity index (χ1v) is 14.7. The van der Waals surface area contributed by atoms with E-state index in [1.54, 1.807) is 55.5 Å². The van der Waals surface area contributed by atoms with Crippen LogP contribution in [0.1, 0.15) is 40.9 Å². The van der Waals surface area contributed by atoms with Crippen molar-refractivity contribution in [1.82, 2.24) is 0 Å². The number of carbonyl (C=O) groups is 2. The van der Waals surface area contributed by atoms with Crippen LogP contribution >= 0.6 is 39.3 Å². The summed E-state index contributed by atoms with van der Waals surface area (Å²) in [7, 11) is 0. The highest BCUT2D eigenvalue weighted by Crippen LogP contribution is 2.42. The molecule has 0 radical (unpaired) electrons. The van der Waals surface area contributed by atoms with Crippen LogP contribution in [-0.2, 0) is 16.1 Å². The van der Waals surface area contributed by atoms with Crippen molar-refractivity contribution in [2.24, 2.45) is 4.99 Å². The third kappa shape index (κ3) is 7.61. The van der Waals surface area contributed by atoms with Crippen LogP contribution in [0.4, 0.5) is 0 Å². The van der Waals surface area contributed by atoms with Crippen LogP contribution in [-0.4, -0.2) is 35.2 Å². The Morgan fingerprint density at radius 3 is 2.49 bits per heavy atom. The van der Waals surface area contributed by atoms with Crippen molar-refractivity contribution in [2.45, 2.75) is 27.4 Å². The van der Waals surface area contributed by atoms with E-state index in [9.17, 15) is 14.7 Å². The molecule has 0 atom stereocenters. The lowest BCUT2D eigenvalue weighted by Gasteiger charge is -2.15. The van der Waals surface area contributed by atoms with Crippen LogP contribution in [0.2, 0.25) is 5.02 Å². The Hall–Kier alpha value is -3.53. The lowest BCUT2D eigenvalue weighted by atomic mass is 10.1. The molecule has 0 saturated carbocycles. The molecule has 0 fully saturated rings. The van der Waals surface area contributed by atoms with Gasteiger partial charge < -0.3 is 19.3 Å². The molecule has 3 aromatic rings. The number of esters is 1. The number of aliphatic hydroxyl groups is 1. The molecule has 0 bridgehead atoms. The number of nitrogens with zero attached hydrogens (tertiary/aromatic N) is 1. The molecule has 10 heteroatoms. The number of halogens is 2. The number of aliphatic imine (C=N–C) groups is 1. The van der Waals surface area contributed by atoms with Crippen molar-refractivity contribution in [1.29, 1.82) is 0 Å². The minimum Gasteiger partial charge on any atom is -0.506 e. The molecule has 1 amide bonds.